The minimum Gasteiger partial charge on any atom is -0.494 e. The molecule has 0 spiro atoms. The molecule has 40 heavy (non-hydrogen) atoms. The van der Waals surface area contributed by atoms with Crippen molar-refractivity contribution >= 4 is 10.0 Å². The van der Waals surface area contributed by atoms with Crippen molar-refractivity contribution in [2.24, 2.45) is 5.73 Å². The van der Waals surface area contributed by atoms with Gasteiger partial charge < -0.3 is 10.5 Å². The van der Waals surface area contributed by atoms with Crippen molar-refractivity contribution in [1.29, 1.82) is 0 Å². The summed E-state index contributed by atoms with van der Waals surface area (Å²) in [7, 11) is -0.239. The highest BCUT2D eigenvalue weighted by Crippen LogP contribution is 2.28. The molecule has 0 aliphatic heterocycles. The fraction of sp³-hybridized carbons (Fsp3) is 0.214. The molecule has 0 fully saturated rings. The summed E-state index contributed by atoms with van der Waals surface area (Å²) in [5.41, 5.74) is 4.60. The largest absolute Gasteiger partial charge is 0.494 e. The zero-order valence-electron chi connectivity index (χ0n) is 22.0. The second-order valence-corrected chi connectivity index (χ2v) is 11.3. The van der Waals surface area contributed by atoms with Gasteiger partial charge in [-0.2, -0.15) is 0 Å². The van der Waals surface area contributed by atoms with Crippen LogP contribution in [0.4, 0.5) is 8.78 Å². The van der Waals surface area contributed by atoms with E-state index in [1.165, 1.54) is 51.5 Å². The van der Waals surface area contributed by atoms with Gasteiger partial charge in [0.25, 0.3) is 5.56 Å². The minimum absolute atomic E-state index is 0.129. The molecule has 4 aromatic rings. The summed E-state index contributed by atoms with van der Waals surface area (Å²) in [6, 6.07) is 15.7. The van der Waals surface area contributed by atoms with Gasteiger partial charge in [0.1, 0.15) is 5.82 Å². The molecule has 1 aromatic heterocycles. The summed E-state index contributed by atoms with van der Waals surface area (Å²) in [5, 5.41) is 0. The Morgan fingerprint density at radius 3 is 2.27 bits per heavy atom. The Kier molecular flexibility index (Phi) is 8.33. The molecule has 9 nitrogen and oxygen atoms in total. The topological polar surface area (TPSA) is 117 Å². The third-order valence-corrected chi connectivity index (χ3v) is 8.38. The summed E-state index contributed by atoms with van der Waals surface area (Å²) in [5.74, 6) is -1.84. The number of methoxy groups -OCH3 is 1. The van der Waals surface area contributed by atoms with Crippen molar-refractivity contribution in [2.75, 3.05) is 21.2 Å². The van der Waals surface area contributed by atoms with Crippen molar-refractivity contribution in [2.45, 2.75) is 24.0 Å². The van der Waals surface area contributed by atoms with Gasteiger partial charge in [-0.25, -0.2) is 26.3 Å². The van der Waals surface area contributed by atoms with Gasteiger partial charge in [0, 0.05) is 37.5 Å². The zero-order chi connectivity index (χ0) is 29.2. The molecule has 0 amide bonds. The summed E-state index contributed by atoms with van der Waals surface area (Å²) in [4.78, 5) is 26.9. The second-order valence-electron chi connectivity index (χ2n) is 9.21. The van der Waals surface area contributed by atoms with Crippen molar-refractivity contribution in [3.63, 3.8) is 0 Å². The number of sulfonamides is 1. The van der Waals surface area contributed by atoms with E-state index in [0.717, 1.165) is 25.7 Å². The summed E-state index contributed by atoms with van der Waals surface area (Å²) >= 11 is 0. The first-order valence-corrected chi connectivity index (χ1v) is 13.6. The lowest BCUT2D eigenvalue weighted by molar-refractivity contribution is 0.387. The van der Waals surface area contributed by atoms with E-state index in [4.69, 9.17) is 10.5 Å². The van der Waals surface area contributed by atoms with Gasteiger partial charge in [-0.15, -0.1) is 0 Å². The molecule has 3 aromatic carbocycles. The second kappa shape index (κ2) is 11.5. The van der Waals surface area contributed by atoms with E-state index in [-0.39, 0.29) is 33.9 Å². The normalized spacial score (nSPS) is 12.5. The van der Waals surface area contributed by atoms with E-state index < -0.39 is 45.5 Å². The molecule has 0 aliphatic rings. The predicted molar refractivity (Wildman–Crippen MR) is 147 cm³/mol. The van der Waals surface area contributed by atoms with E-state index in [2.05, 4.69) is 0 Å². The van der Waals surface area contributed by atoms with Gasteiger partial charge in [-0.3, -0.25) is 13.9 Å². The van der Waals surface area contributed by atoms with Gasteiger partial charge in [0.05, 0.1) is 30.7 Å². The van der Waals surface area contributed by atoms with Crippen LogP contribution >= 0.6 is 0 Å². The summed E-state index contributed by atoms with van der Waals surface area (Å²) in [6.45, 7) is -0.839. The maximum Gasteiger partial charge on any atom is 0.331 e. The Balaban J connectivity index is 1.96. The molecule has 12 heteroatoms. The number of ether oxygens (including phenoxy) is 1. The number of aromatic nitrogens is 2. The summed E-state index contributed by atoms with van der Waals surface area (Å²) in [6.07, 6.45) is 1.09. The third-order valence-electron chi connectivity index (χ3n) is 6.48. The highest BCUT2D eigenvalue weighted by molar-refractivity contribution is 7.89. The lowest BCUT2D eigenvalue weighted by Crippen LogP contribution is -2.43. The fourth-order valence-corrected chi connectivity index (χ4v) is 5.41. The van der Waals surface area contributed by atoms with E-state index in [1.54, 1.807) is 30.3 Å². The fourth-order valence-electron chi connectivity index (χ4n) is 4.29. The van der Waals surface area contributed by atoms with Crippen LogP contribution < -0.4 is 21.7 Å². The van der Waals surface area contributed by atoms with Crippen molar-refractivity contribution in [3.05, 3.63) is 117 Å². The standard InChI is InChI=1S/C28H28F2N4O5S/c1-32(2)40(37,38)25-14-8-12-22(29)21(25)16-33-15-20(19-11-7-13-24(39-3)26(19)30)27(35)34(28(33)36)17-23(31)18-9-5-4-6-10-18/h4-15,23H,16-17,31H2,1-3H3/t23-/m0/s1. The van der Waals surface area contributed by atoms with E-state index in [1.807, 2.05) is 0 Å². The van der Waals surface area contributed by atoms with E-state index >= 15 is 8.78 Å². The number of hydrogen-bond donors (Lipinski definition) is 1. The van der Waals surface area contributed by atoms with Crippen LogP contribution in [0.25, 0.3) is 11.1 Å². The molecular weight excluding hydrogens is 542 g/mol. The lowest BCUT2D eigenvalue weighted by atomic mass is 10.1. The number of nitrogens with two attached hydrogens (primary N) is 1. The maximum atomic E-state index is 15.3. The first-order valence-electron chi connectivity index (χ1n) is 12.1. The number of rotatable bonds is 9. The first-order chi connectivity index (χ1) is 19.0. The Labute approximate surface area is 229 Å². The Bertz CT molecular complexity index is 1770. The molecular formula is C28H28F2N4O5S. The van der Waals surface area contributed by atoms with E-state index in [0.29, 0.717) is 5.56 Å². The summed E-state index contributed by atoms with van der Waals surface area (Å²) < 4.78 is 64.1. The minimum atomic E-state index is -4.10. The van der Waals surface area contributed by atoms with Crippen LogP contribution in [-0.4, -0.2) is 43.1 Å². The molecule has 4 rings (SSSR count). The smallest absolute Gasteiger partial charge is 0.331 e. The molecule has 210 valence electrons. The van der Waals surface area contributed by atoms with Gasteiger partial charge in [-0.1, -0.05) is 48.5 Å². The highest BCUT2D eigenvalue weighted by Gasteiger charge is 2.25. The van der Waals surface area contributed by atoms with Crippen LogP contribution in [0.5, 0.6) is 5.75 Å². The van der Waals surface area contributed by atoms with Gasteiger partial charge in [0.2, 0.25) is 10.0 Å². The number of hydrogen-bond acceptors (Lipinski definition) is 6. The van der Waals surface area contributed by atoms with Crippen LogP contribution in [-0.2, 0) is 23.1 Å². The molecule has 1 heterocycles. The number of halogens is 2. The van der Waals surface area contributed by atoms with Crippen molar-refractivity contribution in [1.82, 2.24) is 13.4 Å². The van der Waals surface area contributed by atoms with Gasteiger partial charge in [0.15, 0.2) is 11.6 Å². The average molecular weight is 571 g/mol. The Morgan fingerprint density at radius 1 is 0.950 bits per heavy atom. The number of benzene rings is 3. The molecule has 0 unspecified atom stereocenters. The highest BCUT2D eigenvalue weighted by atomic mass is 32.2. The quantitative estimate of drug-likeness (QED) is 0.331. The molecule has 0 saturated carbocycles. The zero-order valence-corrected chi connectivity index (χ0v) is 22.9. The van der Waals surface area contributed by atoms with E-state index in [9.17, 15) is 18.0 Å². The molecule has 0 aliphatic carbocycles. The lowest BCUT2D eigenvalue weighted by Gasteiger charge is -2.19. The Hall–Kier alpha value is -4.13. The molecule has 2 N–H and O–H groups in total. The van der Waals surface area contributed by atoms with Crippen LogP contribution in [0.1, 0.15) is 17.2 Å². The van der Waals surface area contributed by atoms with Crippen LogP contribution in [0.3, 0.4) is 0 Å². The number of nitrogens with zero attached hydrogens (tertiary/aromatic N) is 3. The monoisotopic (exact) mass is 570 g/mol. The van der Waals surface area contributed by atoms with Crippen molar-refractivity contribution < 1.29 is 21.9 Å². The van der Waals surface area contributed by atoms with Gasteiger partial charge in [-0.05, 0) is 23.8 Å². The third kappa shape index (κ3) is 5.46. The van der Waals surface area contributed by atoms with Gasteiger partial charge >= 0.3 is 5.69 Å². The van der Waals surface area contributed by atoms with Crippen LogP contribution in [0.2, 0.25) is 0 Å². The van der Waals surface area contributed by atoms with Crippen LogP contribution in [0.15, 0.2) is 87.4 Å². The van der Waals surface area contributed by atoms with Crippen molar-refractivity contribution in [3.8, 4) is 16.9 Å². The molecule has 0 radical (unpaired) electrons. The Morgan fingerprint density at radius 2 is 1.62 bits per heavy atom. The average Bonchev–Trinajstić information content (AvgIpc) is 2.94. The predicted octanol–water partition coefficient (Wildman–Crippen LogP) is 2.96. The maximum absolute atomic E-state index is 15.3. The molecule has 0 bridgehead atoms. The SMILES string of the molecule is COc1cccc(-c2cn(Cc3c(F)cccc3S(=O)(=O)N(C)C)c(=O)n(C[C@H](N)c3ccccc3)c2=O)c1F. The van der Waals surface area contributed by atoms with Crippen LogP contribution in [0, 0.1) is 11.6 Å². The first kappa shape index (κ1) is 28.9. The molecule has 1 atom stereocenters. The molecule has 0 saturated heterocycles.